The molecule has 2 amide bonds. The Morgan fingerprint density at radius 3 is 2.21 bits per heavy atom. The molecule has 2 aromatic rings. The van der Waals surface area contributed by atoms with E-state index in [-0.39, 0.29) is 31.0 Å². The monoisotopic (exact) mass is 496 g/mol. The third-order valence-electron chi connectivity index (χ3n) is 4.84. The zero-order valence-corrected chi connectivity index (χ0v) is 19.2. The van der Waals surface area contributed by atoms with Gasteiger partial charge in [0.1, 0.15) is 6.04 Å². The van der Waals surface area contributed by atoms with Crippen molar-refractivity contribution in [2.45, 2.75) is 37.6 Å². The lowest BCUT2D eigenvalue weighted by Crippen LogP contribution is -2.48. The largest absolute Gasteiger partial charge is 0.450 e. The van der Waals surface area contributed by atoms with Crippen LogP contribution in [0.4, 0.5) is 13.2 Å². The van der Waals surface area contributed by atoms with Gasteiger partial charge in [-0.1, -0.05) is 60.7 Å². The van der Waals surface area contributed by atoms with Crippen molar-refractivity contribution in [2.24, 2.45) is 0 Å². The average molecular weight is 497 g/mol. The average Bonchev–Trinajstić information content (AvgIpc) is 2.81. The van der Waals surface area contributed by atoms with Crippen molar-refractivity contribution in [1.82, 2.24) is 10.6 Å². The highest BCUT2D eigenvalue weighted by molar-refractivity contribution is 7.99. The third-order valence-corrected chi connectivity index (χ3v) is 5.89. The molecule has 0 aliphatic rings. The molecule has 10 heteroatoms. The molecule has 0 radical (unpaired) electrons. The summed E-state index contributed by atoms with van der Waals surface area (Å²) in [5.41, 5.74) is 1.39. The SMILES string of the molecule is O=C(Cc1ccccc1)N[C@@H](CCCSCC(=O)C(F)(F)F)C(=O)NCC(O)c1ccccc1. The second-order valence-electron chi connectivity index (χ2n) is 7.57. The Morgan fingerprint density at radius 2 is 1.59 bits per heavy atom. The Balaban J connectivity index is 1.90. The van der Waals surface area contributed by atoms with Crippen LogP contribution in [0.15, 0.2) is 60.7 Å². The van der Waals surface area contributed by atoms with E-state index in [0.29, 0.717) is 12.0 Å². The van der Waals surface area contributed by atoms with E-state index in [1.807, 2.05) is 6.07 Å². The van der Waals surface area contributed by atoms with Gasteiger partial charge in [0.25, 0.3) is 0 Å². The number of alkyl halides is 3. The van der Waals surface area contributed by atoms with Gasteiger partial charge in [0.2, 0.25) is 17.6 Å². The molecule has 0 heterocycles. The number of hydrogen-bond donors (Lipinski definition) is 3. The van der Waals surface area contributed by atoms with Crippen molar-refractivity contribution in [1.29, 1.82) is 0 Å². The first kappa shape index (κ1) is 27.4. The maximum atomic E-state index is 12.7. The van der Waals surface area contributed by atoms with Gasteiger partial charge in [-0.05, 0) is 29.7 Å². The first-order chi connectivity index (χ1) is 16.2. The first-order valence-corrected chi connectivity index (χ1v) is 11.8. The van der Waals surface area contributed by atoms with E-state index >= 15 is 0 Å². The molecule has 0 saturated carbocycles. The minimum Gasteiger partial charge on any atom is -0.387 e. The second-order valence-corrected chi connectivity index (χ2v) is 8.68. The minimum absolute atomic E-state index is 0.0616. The number of carbonyl (C=O) groups is 3. The standard InChI is InChI=1S/C24H27F3N2O4S/c25-24(26,27)21(31)16-34-13-7-12-19(29-22(32)14-17-8-3-1-4-9-17)23(33)28-15-20(30)18-10-5-2-6-11-18/h1-6,8-11,19-20,30H,7,12-16H2,(H,28,33)(H,29,32)/t19-,20?/m0/s1. The summed E-state index contributed by atoms with van der Waals surface area (Å²) < 4.78 is 36.9. The molecule has 0 saturated heterocycles. The van der Waals surface area contributed by atoms with Crippen molar-refractivity contribution >= 4 is 29.4 Å². The van der Waals surface area contributed by atoms with E-state index in [0.717, 1.165) is 17.3 Å². The van der Waals surface area contributed by atoms with Crippen LogP contribution in [0.1, 0.15) is 30.1 Å². The van der Waals surface area contributed by atoms with Crippen LogP contribution in [0.3, 0.4) is 0 Å². The fraction of sp³-hybridized carbons (Fsp3) is 0.375. The number of halogens is 3. The number of amides is 2. The smallest absolute Gasteiger partial charge is 0.387 e. The van der Waals surface area contributed by atoms with Gasteiger partial charge in [0.05, 0.1) is 18.3 Å². The molecule has 0 aliphatic heterocycles. The summed E-state index contributed by atoms with van der Waals surface area (Å²) in [6, 6.07) is 16.8. The lowest BCUT2D eigenvalue weighted by molar-refractivity contribution is -0.167. The van der Waals surface area contributed by atoms with Crippen LogP contribution in [0.25, 0.3) is 0 Å². The van der Waals surface area contributed by atoms with Gasteiger partial charge in [-0.2, -0.15) is 24.9 Å². The van der Waals surface area contributed by atoms with Crippen LogP contribution < -0.4 is 10.6 Å². The van der Waals surface area contributed by atoms with Crippen molar-refractivity contribution in [3.05, 3.63) is 71.8 Å². The quantitative estimate of drug-likeness (QED) is 0.370. The van der Waals surface area contributed by atoms with Gasteiger partial charge in [0.15, 0.2) is 0 Å². The summed E-state index contributed by atoms with van der Waals surface area (Å²) in [5, 5.41) is 15.5. The molecular formula is C24H27F3N2O4S. The van der Waals surface area contributed by atoms with Gasteiger partial charge in [-0.15, -0.1) is 0 Å². The first-order valence-electron chi connectivity index (χ1n) is 10.7. The number of aliphatic hydroxyl groups is 1. The number of nitrogens with one attached hydrogen (secondary N) is 2. The maximum Gasteiger partial charge on any atom is 0.450 e. The van der Waals surface area contributed by atoms with Crippen LogP contribution in [0.2, 0.25) is 0 Å². The van der Waals surface area contributed by atoms with Gasteiger partial charge in [-0.25, -0.2) is 0 Å². The maximum absolute atomic E-state index is 12.7. The Labute approximate surface area is 200 Å². The number of hydrogen-bond acceptors (Lipinski definition) is 5. The van der Waals surface area contributed by atoms with E-state index < -0.39 is 35.8 Å². The number of rotatable bonds is 13. The van der Waals surface area contributed by atoms with Gasteiger partial charge in [0, 0.05) is 6.54 Å². The lowest BCUT2D eigenvalue weighted by atomic mass is 10.1. The molecule has 2 aromatic carbocycles. The van der Waals surface area contributed by atoms with Crippen molar-refractivity contribution in [3.8, 4) is 0 Å². The van der Waals surface area contributed by atoms with Gasteiger partial charge < -0.3 is 15.7 Å². The topological polar surface area (TPSA) is 95.5 Å². The number of ketones is 1. The lowest BCUT2D eigenvalue weighted by Gasteiger charge is -2.20. The van der Waals surface area contributed by atoms with Crippen molar-refractivity contribution < 1.29 is 32.7 Å². The molecule has 6 nitrogen and oxygen atoms in total. The summed E-state index contributed by atoms with van der Waals surface area (Å²) in [5.74, 6) is -3.17. The minimum atomic E-state index is -4.86. The molecule has 0 aliphatic carbocycles. The van der Waals surface area contributed by atoms with E-state index in [4.69, 9.17) is 0 Å². The molecule has 2 rings (SSSR count). The second kappa shape index (κ2) is 13.8. The van der Waals surface area contributed by atoms with Crippen LogP contribution >= 0.6 is 11.8 Å². The molecule has 2 atom stereocenters. The number of thioether (sulfide) groups is 1. The summed E-state index contributed by atoms with van der Waals surface area (Å²) in [4.78, 5) is 36.1. The summed E-state index contributed by atoms with van der Waals surface area (Å²) in [6.45, 7) is -0.0667. The Morgan fingerprint density at radius 1 is 0.971 bits per heavy atom. The van der Waals surface area contributed by atoms with E-state index in [9.17, 15) is 32.7 Å². The van der Waals surface area contributed by atoms with E-state index in [2.05, 4.69) is 10.6 Å². The Hall–Kier alpha value is -2.85. The molecular weight excluding hydrogens is 469 g/mol. The number of benzene rings is 2. The van der Waals surface area contributed by atoms with E-state index in [1.165, 1.54) is 0 Å². The molecule has 0 bridgehead atoms. The normalized spacial score (nSPS) is 13.1. The van der Waals surface area contributed by atoms with Crippen LogP contribution in [0, 0.1) is 0 Å². The molecule has 0 aromatic heterocycles. The fourth-order valence-electron chi connectivity index (χ4n) is 3.05. The third kappa shape index (κ3) is 9.96. The van der Waals surface area contributed by atoms with Crippen LogP contribution in [0.5, 0.6) is 0 Å². The zero-order valence-electron chi connectivity index (χ0n) is 18.4. The zero-order chi connectivity index (χ0) is 25.0. The summed E-state index contributed by atoms with van der Waals surface area (Å²) >= 11 is 0.825. The number of aliphatic hydroxyl groups excluding tert-OH is 1. The van der Waals surface area contributed by atoms with Crippen molar-refractivity contribution in [2.75, 3.05) is 18.1 Å². The predicted molar refractivity (Wildman–Crippen MR) is 124 cm³/mol. The summed E-state index contributed by atoms with van der Waals surface area (Å²) in [6.07, 6.45) is -5.26. The fourth-order valence-corrected chi connectivity index (χ4v) is 3.91. The number of Topliss-reactive ketones (excluding diaryl/α,β-unsaturated/α-hetero) is 1. The van der Waals surface area contributed by atoms with Gasteiger partial charge >= 0.3 is 6.18 Å². The van der Waals surface area contributed by atoms with Crippen LogP contribution in [-0.2, 0) is 20.8 Å². The highest BCUT2D eigenvalue weighted by atomic mass is 32.2. The molecule has 3 N–H and O–H groups in total. The molecule has 184 valence electrons. The van der Waals surface area contributed by atoms with E-state index in [1.54, 1.807) is 54.6 Å². The molecule has 1 unspecified atom stereocenters. The van der Waals surface area contributed by atoms with Gasteiger partial charge in [-0.3, -0.25) is 14.4 Å². The predicted octanol–water partition coefficient (Wildman–Crippen LogP) is 3.21. The molecule has 34 heavy (non-hydrogen) atoms. The highest BCUT2D eigenvalue weighted by Crippen LogP contribution is 2.19. The van der Waals surface area contributed by atoms with Crippen molar-refractivity contribution in [3.63, 3.8) is 0 Å². The summed E-state index contributed by atoms with van der Waals surface area (Å²) in [7, 11) is 0. The van der Waals surface area contributed by atoms with Crippen LogP contribution in [-0.4, -0.2) is 53.0 Å². The highest BCUT2D eigenvalue weighted by Gasteiger charge is 2.37. The Bertz CT molecular complexity index is 927. The Kier molecular flexibility index (Phi) is 11.1. The number of carbonyl (C=O) groups excluding carboxylic acids is 3. The molecule has 0 spiro atoms. The molecule has 0 fully saturated rings.